The number of carbonyl (C=O) groups excluding carboxylic acids is 1. The van der Waals surface area contributed by atoms with Gasteiger partial charge >= 0.3 is 6.03 Å². The lowest BCUT2D eigenvalue weighted by Crippen LogP contribution is -2.43. The molecule has 122 valence electrons. The zero-order valence-electron chi connectivity index (χ0n) is 13.7. The third-order valence-electron chi connectivity index (χ3n) is 3.40. The Morgan fingerprint density at radius 2 is 2.09 bits per heavy atom. The van der Waals surface area contributed by atoms with Crippen LogP contribution in [0.2, 0.25) is 0 Å². The Balaban J connectivity index is 2.10. The summed E-state index contributed by atoms with van der Waals surface area (Å²) in [7, 11) is 0. The van der Waals surface area contributed by atoms with Crippen molar-refractivity contribution >= 4 is 11.7 Å². The minimum absolute atomic E-state index is 0.218. The van der Waals surface area contributed by atoms with Crippen LogP contribution in [0.15, 0.2) is 18.2 Å². The van der Waals surface area contributed by atoms with Crippen LogP contribution in [0.5, 0.6) is 5.75 Å². The summed E-state index contributed by atoms with van der Waals surface area (Å²) in [6.45, 7) is 6.99. The Hall–Kier alpha value is -1.75. The van der Waals surface area contributed by atoms with Gasteiger partial charge in [-0.25, -0.2) is 4.79 Å². The third kappa shape index (κ3) is 5.22. The van der Waals surface area contributed by atoms with Gasteiger partial charge in [-0.2, -0.15) is 0 Å². The number of nitrogens with one attached hydrogen (secondary N) is 2. The molecule has 2 amide bonds. The van der Waals surface area contributed by atoms with Gasteiger partial charge in [-0.05, 0) is 70.2 Å². The van der Waals surface area contributed by atoms with E-state index in [0.29, 0.717) is 24.8 Å². The number of amides is 2. The minimum Gasteiger partial charge on any atom is -0.491 e. The molecule has 5 nitrogen and oxygen atoms in total. The van der Waals surface area contributed by atoms with Gasteiger partial charge < -0.3 is 21.1 Å². The first-order valence-electron chi connectivity index (χ1n) is 7.95. The lowest BCUT2D eigenvalue weighted by atomic mass is 10.1. The monoisotopic (exact) mass is 305 g/mol. The molecule has 1 aromatic carbocycles. The summed E-state index contributed by atoms with van der Waals surface area (Å²) < 4.78 is 5.74. The second-order valence-corrected chi connectivity index (χ2v) is 6.85. The van der Waals surface area contributed by atoms with Crippen LogP contribution in [0, 0.1) is 0 Å². The highest BCUT2D eigenvalue weighted by atomic mass is 16.5. The fraction of sp³-hybridized carbons (Fsp3) is 0.588. The average Bonchev–Trinajstić information content (AvgIpc) is 3.22. The van der Waals surface area contributed by atoms with Gasteiger partial charge in [0.2, 0.25) is 0 Å². The zero-order valence-corrected chi connectivity index (χ0v) is 13.7. The lowest BCUT2D eigenvalue weighted by Gasteiger charge is -2.21. The molecule has 0 atom stereocenters. The van der Waals surface area contributed by atoms with Crippen LogP contribution in [0.4, 0.5) is 10.5 Å². The van der Waals surface area contributed by atoms with Crippen molar-refractivity contribution in [2.75, 3.05) is 18.5 Å². The predicted octanol–water partition coefficient (Wildman–Crippen LogP) is 3.21. The molecule has 2 rings (SSSR count). The Morgan fingerprint density at radius 1 is 1.36 bits per heavy atom. The van der Waals surface area contributed by atoms with Crippen LogP contribution < -0.4 is 21.1 Å². The van der Waals surface area contributed by atoms with Gasteiger partial charge in [-0.15, -0.1) is 0 Å². The van der Waals surface area contributed by atoms with Crippen molar-refractivity contribution in [3.05, 3.63) is 23.8 Å². The van der Waals surface area contributed by atoms with E-state index in [0.717, 1.165) is 12.1 Å². The predicted molar refractivity (Wildman–Crippen MR) is 89.5 cm³/mol. The second kappa shape index (κ2) is 7.01. The van der Waals surface area contributed by atoms with Gasteiger partial charge in [0.25, 0.3) is 0 Å². The fourth-order valence-electron chi connectivity index (χ4n) is 2.20. The summed E-state index contributed by atoms with van der Waals surface area (Å²) in [5, 5.41) is 5.81. The van der Waals surface area contributed by atoms with Gasteiger partial charge in [-0.3, -0.25) is 0 Å². The van der Waals surface area contributed by atoms with E-state index in [-0.39, 0.29) is 11.6 Å². The molecule has 0 aromatic heterocycles. The Labute approximate surface area is 132 Å². The number of ether oxygens (including phenoxy) is 1. The maximum Gasteiger partial charge on any atom is 0.319 e. The molecule has 1 aromatic rings. The van der Waals surface area contributed by atoms with Crippen LogP contribution >= 0.6 is 0 Å². The van der Waals surface area contributed by atoms with Crippen LogP contribution in [0.3, 0.4) is 0 Å². The van der Waals surface area contributed by atoms with Gasteiger partial charge in [-0.1, -0.05) is 6.07 Å². The molecule has 0 radical (unpaired) electrons. The molecule has 5 heteroatoms. The molecule has 4 N–H and O–H groups in total. The molecule has 0 unspecified atom stereocenters. The van der Waals surface area contributed by atoms with Crippen molar-refractivity contribution < 1.29 is 9.53 Å². The molecule has 0 bridgehead atoms. The van der Waals surface area contributed by atoms with Crippen molar-refractivity contribution in [2.45, 2.75) is 51.5 Å². The SMILES string of the molecule is CC(C)(C)NC(=O)Nc1cc(C2CC2)ccc1OCCCN. The standard InChI is InChI=1S/C17H27N3O2/c1-17(2,3)20-16(21)19-14-11-13(12-5-6-12)7-8-15(14)22-10-4-9-18/h7-8,11-12H,4-6,9-10,18H2,1-3H3,(H2,19,20,21). The van der Waals surface area contributed by atoms with Crippen LogP contribution in [-0.2, 0) is 0 Å². The highest BCUT2D eigenvalue weighted by molar-refractivity contribution is 5.91. The molecular formula is C17H27N3O2. The summed E-state index contributed by atoms with van der Waals surface area (Å²) in [6, 6.07) is 5.83. The van der Waals surface area contributed by atoms with Gasteiger partial charge in [0.15, 0.2) is 0 Å². The Morgan fingerprint density at radius 3 is 2.68 bits per heavy atom. The summed E-state index contributed by atoms with van der Waals surface area (Å²) in [4.78, 5) is 12.1. The summed E-state index contributed by atoms with van der Waals surface area (Å²) >= 11 is 0. The van der Waals surface area contributed by atoms with Gasteiger partial charge in [0, 0.05) is 5.54 Å². The molecule has 0 saturated heterocycles. The first kappa shape index (κ1) is 16.6. The van der Waals surface area contributed by atoms with E-state index in [4.69, 9.17) is 10.5 Å². The van der Waals surface area contributed by atoms with E-state index >= 15 is 0 Å². The zero-order chi connectivity index (χ0) is 16.2. The van der Waals surface area contributed by atoms with Gasteiger partial charge in [0.05, 0.1) is 12.3 Å². The molecule has 1 aliphatic rings. The molecule has 22 heavy (non-hydrogen) atoms. The number of hydrogen-bond donors (Lipinski definition) is 3. The molecule has 0 spiro atoms. The highest BCUT2D eigenvalue weighted by Gasteiger charge is 2.25. The van der Waals surface area contributed by atoms with Crippen molar-refractivity contribution in [3.63, 3.8) is 0 Å². The number of benzene rings is 1. The smallest absolute Gasteiger partial charge is 0.319 e. The summed E-state index contributed by atoms with van der Waals surface area (Å²) in [6.07, 6.45) is 3.24. The largest absolute Gasteiger partial charge is 0.491 e. The first-order chi connectivity index (χ1) is 10.4. The molecule has 0 aliphatic heterocycles. The number of nitrogens with two attached hydrogens (primary N) is 1. The first-order valence-corrected chi connectivity index (χ1v) is 7.95. The lowest BCUT2D eigenvalue weighted by molar-refractivity contribution is 0.243. The number of carbonyl (C=O) groups is 1. The van der Waals surface area contributed by atoms with E-state index in [2.05, 4.69) is 16.7 Å². The Kier molecular flexibility index (Phi) is 5.29. The second-order valence-electron chi connectivity index (χ2n) is 6.85. The van der Waals surface area contributed by atoms with E-state index in [1.807, 2.05) is 32.9 Å². The maximum absolute atomic E-state index is 12.1. The third-order valence-corrected chi connectivity index (χ3v) is 3.40. The minimum atomic E-state index is -0.279. The van der Waals surface area contributed by atoms with Crippen molar-refractivity contribution in [1.82, 2.24) is 5.32 Å². The van der Waals surface area contributed by atoms with Crippen molar-refractivity contribution in [1.29, 1.82) is 0 Å². The van der Waals surface area contributed by atoms with Crippen LogP contribution in [0.1, 0.15) is 51.5 Å². The van der Waals surface area contributed by atoms with Crippen LogP contribution in [-0.4, -0.2) is 24.7 Å². The van der Waals surface area contributed by atoms with Crippen molar-refractivity contribution in [2.24, 2.45) is 5.73 Å². The number of hydrogen-bond acceptors (Lipinski definition) is 3. The molecule has 1 saturated carbocycles. The molecule has 1 aliphatic carbocycles. The van der Waals surface area contributed by atoms with E-state index in [9.17, 15) is 4.79 Å². The quantitative estimate of drug-likeness (QED) is 0.706. The summed E-state index contributed by atoms with van der Waals surface area (Å²) in [5.41, 5.74) is 7.20. The van der Waals surface area contributed by atoms with E-state index in [1.165, 1.54) is 18.4 Å². The Bertz CT molecular complexity index is 519. The number of anilines is 1. The number of rotatable bonds is 6. The molecular weight excluding hydrogens is 278 g/mol. The normalized spacial score (nSPS) is 14.5. The molecule has 1 fully saturated rings. The highest BCUT2D eigenvalue weighted by Crippen LogP contribution is 2.42. The van der Waals surface area contributed by atoms with Gasteiger partial charge in [0.1, 0.15) is 5.75 Å². The summed E-state index contributed by atoms with van der Waals surface area (Å²) in [5.74, 6) is 1.33. The maximum atomic E-state index is 12.1. The molecule has 0 heterocycles. The fourth-order valence-corrected chi connectivity index (χ4v) is 2.20. The average molecular weight is 305 g/mol. The number of urea groups is 1. The van der Waals surface area contributed by atoms with E-state index in [1.54, 1.807) is 0 Å². The topological polar surface area (TPSA) is 76.4 Å². The van der Waals surface area contributed by atoms with E-state index < -0.39 is 0 Å². The van der Waals surface area contributed by atoms with Crippen LogP contribution in [0.25, 0.3) is 0 Å². The van der Waals surface area contributed by atoms with Crippen molar-refractivity contribution in [3.8, 4) is 5.75 Å².